The van der Waals surface area contributed by atoms with Gasteiger partial charge in [0.1, 0.15) is 6.54 Å². The van der Waals surface area contributed by atoms with Gasteiger partial charge in [-0.2, -0.15) is 0 Å². The number of esters is 1. The lowest BCUT2D eigenvalue weighted by atomic mass is 9.83. The number of carbonyl (C=O) groups is 1. The third kappa shape index (κ3) is 3.66. The van der Waals surface area contributed by atoms with E-state index in [2.05, 4.69) is 0 Å². The van der Waals surface area contributed by atoms with Crippen molar-refractivity contribution < 1.29 is 24.2 Å². The number of quaternary nitrogens is 1. The normalized spacial score (nSPS) is 27.1. The first-order chi connectivity index (χ1) is 13.6. The molecule has 0 aliphatic carbocycles. The Morgan fingerprint density at radius 1 is 1.14 bits per heavy atom. The summed E-state index contributed by atoms with van der Waals surface area (Å²) < 4.78 is 7.01. The van der Waals surface area contributed by atoms with Gasteiger partial charge < -0.3 is 19.4 Å². The van der Waals surface area contributed by atoms with Crippen molar-refractivity contribution in [3.8, 4) is 0 Å². The molecule has 0 saturated carbocycles. The molecule has 2 aromatic rings. The van der Waals surface area contributed by atoms with E-state index in [1.165, 1.54) is 22.7 Å². The van der Waals surface area contributed by atoms with Crippen molar-refractivity contribution in [2.24, 2.45) is 5.92 Å². The molecule has 0 spiro atoms. The number of aliphatic hydroxyl groups is 2. The number of ether oxygens (including phenoxy) is 1. The van der Waals surface area contributed by atoms with Crippen LogP contribution in [0.5, 0.6) is 0 Å². The number of thiophene rings is 2. The van der Waals surface area contributed by atoms with Gasteiger partial charge in [0, 0.05) is 25.4 Å². The predicted molar refractivity (Wildman–Crippen MR) is 110 cm³/mol. The highest BCUT2D eigenvalue weighted by atomic mass is 32.1. The zero-order chi connectivity index (χ0) is 19.6. The average molecular weight is 423 g/mol. The molecule has 2 bridgehead atoms. The Morgan fingerprint density at radius 3 is 2.32 bits per heavy atom. The van der Waals surface area contributed by atoms with E-state index in [1.807, 2.05) is 22.9 Å². The van der Waals surface area contributed by atoms with Crippen LogP contribution in [0.2, 0.25) is 0 Å². The molecule has 5 heterocycles. The van der Waals surface area contributed by atoms with Crippen molar-refractivity contribution in [3.05, 3.63) is 44.8 Å². The maximum Gasteiger partial charge on any atom is 0.349 e. The topological polar surface area (TPSA) is 66.8 Å². The third-order valence-electron chi connectivity index (χ3n) is 6.39. The molecule has 2 N–H and O–H groups in total. The molecule has 0 amide bonds. The summed E-state index contributed by atoms with van der Waals surface area (Å²) in [5, 5.41) is 24.3. The first kappa shape index (κ1) is 20.0. The third-order valence-corrected chi connectivity index (χ3v) is 8.35. The van der Waals surface area contributed by atoms with Crippen molar-refractivity contribution in [2.75, 3.05) is 32.8 Å². The van der Waals surface area contributed by atoms with Crippen LogP contribution in [0.4, 0.5) is 0 Å². The van der Waals surface area contributed by atoms with E-state index in [9.17, 15) is 9.90 Å². The number of fused-ring (bicyclic) bond motifs is 3. The van der Waals surface area contributed by atoms with Crippen LogP contribution in [0.1, 0.15) is 35.4 Å². The van der Waals surface area contributed by atoms with Crippen molar-refractivity contribution in [1.29, 1.82) is 0 Å². The summed E-state index contributed by atoms with van der Waals surface area (Å²) in [6.45, 7) is 4.35. The number of piperidine rings is 3. The van der Waals surface area contributed by atoms with E-state index < -0.39 is 11.6 Å². The van der Waals surface area contributed by atoms with Crippen LogP contribution in [0.3, 0.4) is 0 Å². The first-order valence-electron chi connectivity index (χ1n) is 10.0. The summed E-state index contributed by atoms with van der Waals surface area (Å²) in [6, 6.07) is 7.29. The van der Waals surface area contributed by atoms with Crippen LogP contribution < -0.4 is 0 Å². The van der Waals surface area contributed by atoms with E-state index in [-0.39, 0.29) is 12.7 Å². The molecule has 7 heteroatoms. The molecule has 5 nitrogen and oxygen atoms in total. The number of aliphatic hydroxyl groups excluding tert-OH is 1. The van der Waals surface area contributed by atoms with E-state index in [0.717, 1.165) is 56.3 Å². The van der Waals surface area contributed by atoms with Crippen LogP contribution in [0.25, 0.3) is 0 Å². The van der Waals surface area contributed by atoms with E-state index in [1.54, 1.807) is 12.1 Å². The fourth-order valence-electron chi connectivity index (χ4n) is 4.74. The fourth-order valence-corrected chi connectivity index (χ4v) is 6.46. The lowest BCUT2D eigenvalue weighted by Crippen LogP contribution is -2.65. The summed E-state index contributed by atoms with van der Waals surface area (Å²) in [5.74, 6) is -0.164. The lowest BCUT2D eigenvalue weighted by molar-refractivity contribution is -0.946. The highest BCUT2D eigenvalue weighted by Crippen LogP contribution is 2.40. The summed E-state index contributed by atoms with van der Waals surface area (Å²) in [5.41, 5.74) is -1.73. The van der Waals surface area contributed by atoms with E-state index >= 15 is 0 Å². The van der Waals surface area contributed by atoms with Crippen LogP contribution in [-0.4, -0.2) is 59.6 Å². The minimum Gasteiger partial charge on any atom is -0.453 e. The highest BCUT2D eigenvalue weighted by molar-refractivity contribution is 7.12. The molecule has 5 rings (SSSR count). The van der Waals surface area contributed by atoms with Gasteiger partial charge in [-0.05, 0) is 35.7 Å². The Balaban J connectivity index is 1.52. The van der Waals surface area contributed by atoms with Gasteiger partial charge in [-0.25, -0.2) is 4.79 Å². The molecule has 3 fully saturated rings. The monoisotopic (exact) mass is 422 g/mol. The maximum atomic E-state index is 13.3. The van der Waals surface area contributed by atoms with Gasteiger partial charge in [0.2, 0.25) is 5.60 Å². The van der Waals surface area contributed by atoms with Crippen molar-refractivity contribution in [3.63, 3.8) is 0 Å². The molecular formula is C21H28NO4S2+. The first-order valence-corrected chi connectivity index (χ1v) is 11.8. The SMILES string of the molecule is O=C(O[C@H]1C[N+]2(CCCCO)CCC1CC2)C(O)(c1cccs1)c1cccs1. The second-order valence-corrected chi connectivity index (χ2v) is 9.97. The van der Waals surface area contributed by atoms with Crippen LogP contribution >= 0.6 is 22.7 Å². The molecule has 3 saturated heterocycles. The maximum absolute atomic E-state index is 13.3. The number of nitrogens with zero attached hydrogens (tertiary/aromatic N) is 1. The zero-order valence-corrected chi connectivity index (χ0v) is 17.6. The van der Waals surface area contributed by atoms with Crippen molar-refractivity contribution >= 4 is 28.6 Å². The molecule has 2 aromatic heterocycles. The Morgan fingerprint density at radius 2 is 1.79 bits per heavy atom. The number of hydrogen-bond acceptors (Lipinski definition) is 6. The van der Waals surface area contributed by atoms with Crippen molar-refractivity contribution in [1.82, 2.24) is 0 Å². The molecule has 152 valence electrons. The highest BCUT2D eigenvalue weighted by Gasteiger charge is 2.50. The van der Waals surface area contributed by atoms with Crippen LogP contribution in [-0.2, 0) is 15.1 Å². The predicted octanol–water partition coefficient (Wildman–Crippen LogP) is 2.97. The zero-order valence-electron chi connectivity index (χ0n) is 16.0. The molecule has 0 radical (unpaired) electrons. The summed E-state index contributed by atoms with van der Waals surface area (Å²) >= 11 is 2.75. The van der Waals surface area contributed by atoms with E-state index in [0.29, 0.717) is 15.7 Å². The van der Waals surface area contributed by atoms with Crippen LogP contribution in [0.15, 0.2) is 35.0 Å². The van der Waals surface area contributed by atoms with Gasteiger partial charge in [0.05, 0.1) is 29.4 Å². The molecule has 1 atom stereocenters. The van der Waals surface area contributed by atoms with Crippen molar-refractivity contribution in [2.45, 2.75) is 37.4 Å². The number of rotatable bonds is 8. The summed E-state index contributed by atoms with van der Waals surface area (Å²) in [4.78, 5) is 14.5. The van der Waals surface area contributed by atoms with Gasteiger partial charge in [-0.1, -0.05) is 12.1 Å². The number of unbranched alkanes of at least 4 members (excludes halogenated alkanes) is 1. The van der Waals surface area contributed by atoms with E-state index in [4.69, 9.17) is 9.84 Å². The number of hydrogen-bond donors (Lipinski definition) is 2. The molecule has 3 aliphatic heterocycles. The standard InChI is InChI=1S/C21H28NO4S2/c23-12-2-1-9-22-10-7-16(8-11-22)17(15-22)26-20(24)21(25,18-5-3-13-27-18)19-6-4-14-28-19/h3-6,13-14,16-17,23,25H,1-2,7-12,15H2/q+1/t16?,17-,22?/m0/s1. The Bertz CT molecular complexity index is 732. The summed E-state index contributed by atoms with van der Waals surface area (Å²) in [7, 11) is 0. The lowest BCUT2D eigenvalue weighted by Gasteiger charge is -2.52. The molecule has 0 unspecified atom stereocenters. The Labute approximate surface area is 173 Å². The Kier molecular flexibility index (Phi) is 5.90. The quantitative estimate of drug-likeness (QED) is 0.390. The largest absolute Gasteiger partial charge is 0.453 e. The molecule has 0 aromatic carbocycles. The minimum atomic E-state index is -1.73. The van der Waals surface area contributed by atoms with Crippen LogP contribution in [0, 0.1) is 5.92 Å². The molecule has 28 heavy (non-hydrogen) atoms. The average Bonchev–Trinajstić information content (AvgIpc) is 3.43. The van der Waals surface area contributed by atoms with Gasteiger partial charge in [0.15, 0.2) is 6.10 Å². The minimum absolute atomic E-state index is 0.143. The Hall–Kier alpha value is -1.25. The van der Waals surface area contributed by atoms with Gasteiger partial charge in [0.25, 0.3) is 0 Å². The fraction of sp³-hybridized carbons (Fsp3) is 0.571. The van der Waals surface area contributed by atoms with Gasteiger partial charge >= 0.3 is 5.97 Å². The summed E-state index contributed by atoms with van der Waals surface area (Å²) in [6.07, 6.45) is 3.80. The molecule has 3 aliphatic rings. The smallest absolute Gasteiger partial charge is 0.349 e. The second kappa shape index (κ2) is 8.24. The molecular weight excluding hydrogens is 394 g/mol. The number of carbonyl (C=O) groups excluding carboxylic acids is 1. The second-order valence-electron chi connectivity index (χ2n) is 8.07. The van der Waals surface area contributed by atoms with Gasteiger partial charge in [-0.15, -0.1) is 22.7 Å². The van der Waals surface area contributed by atoms with Gasteiger partial charge in [-0.3, -0.25) is 0 Å².